The molecule has 1 rings (SSSR count). The van der Waals surface area contributed by atoms with Crippen molar-refractivity contribution < 1.29 is 19.6 Å². The number of benzene rings is 1. The minimum Gasteiger partial charge on any atom is -0.389 e. The Balaban J connectivity index is 2.89. The largest absolute Gasteiger partial charge is 0.389 e. The molecule has 1 amide bonds. The molecule has 0 heterocycles. The van der Waals surface area contributed by atoms with Crippen molar-refractivity contribution in [1.82, 2.24) is 4.90 Å². The molecule has 9 heteroatoms. The number of aliphatic hydroxyl groups excluding tert-OH is 1. The zero-order chi connectivity index (χ0) is 16.0. The van der Waals surface area contributed by atoms with Crippen LogP contribution in [0.3, 0.4) is 0 Å². The van der Waals surface area contributed by atoms with Crippen LogP contribution in [0.1, 0.15) is 10.4 Å². The van der Waals surface area contributed by atoms with Crippen LogP contribution in [0.2, 0.25) is 0 Å². The minimum atomic E-state index is -0.811. The third-order valence-corrected chi connectivity index (χ3v) is 2.79. The number of nitro groups is 1. The Morgan fingerprint density at radius 1 is 1.62 bits per heavy atom. The second kappa shape index (κ2) is 7.53. The van der Waals surface area contributed by atoms with Gasteiger partial charge in [-0.25, -0.2) is 0 Å². The van der Waals surface area contributed by atoms with Gasteiger partial charge >= 0.3 is 0 Å². The van der Waals surface area contributed by atoms with Gasteiger partial charge in [-0.15, -0.1) is 0 Å². The second-order valence-electron chi connectivity index (χ2n) is 4.43. The summed E-state index contributed by atoms with van der Waals surface area (Å²) in [4.78, 5) is 23.6. The highest BCUT2D eigenvalue weighted by molar-refractivity contribution is 5.95. The van der Waals surface area contributed by atoms with Gasteiger partial charge in [0.05, 0.1) is 17.6 Å². The van der Waals surface area contributed by atoms with E-state index in [-0.39, 0.29) is 30.1 Å². The van der Waals surface area contributed by atoms with Crippen molar-refractivity contribution in [2.45, 2.75) is 6.10 Å². The van der Waals surface area contributed by atoms with Crippen LogP contribution >= 0.6 is 0 Å². The van der Waals surface area contributed by atoms with E-state index in [4.69, 9.17) is 10.6 Å². The van der Waals surface area contributed by atoms with Crippen molar-refractivity contribution in [3.05, 3.63) is 33.9 Å². The fourth-order valence-corrected chi connectivity index (χ4v) is 1.81. The highest BCUT2D eigenvalue weighted by atomic mass is 16.6. The molecule has 1 aromatic carbocycles. The first-order valence-electron chi connectivity index (χ1n) is 6.08. The van der Waals surface area contributed by atoms with Gasteiger partial charge in [-0.3, -0.25) is 20.8 Å². The van der Waals surface area contributed by atoms with Crippen molar-refractivity contribution >= 4 is 17.3 Å². The van der Waals surface area contributed by atoms with E-state index < -0.39 is 16.9 Å². The first kappa shape index (κ1) is 16.8. The summed E-state index contributed by atoms with van der Waals surface area (Å²) in [6.45, 7) is 0.183. The molecule has 21 heavy (non-hydrogen) atoms. The number of nitrogen functional groups attached to an aromatic ring is 1. The molecule has 4 N–H and O–H groups in total. The van der Waals surface area contributed by atoms with Crippen LogP contribution in [0, 0.1) is 10.1 Å². The molecule has 0 aliphatic rings. The molecular formula is C12H18N4O5. The van der Waals surface area contributed by atoms with E-state index in [2.05, 4.69) is 5.43 Å². The molecule has 0 spiro atoms. The van der Waals surface area contributed by atoms with E-state index >= 15 is 0 Å². The number of aliphatic hydroxyl groups is 1. The standard InChI is InChI=1S/C12H18N4O5/c1-15(6-9(17)7-21-2)12(18)8-3-4-11(16(19)20)10(5-8)14-13/h3-5,9,14,17H,6-7,13H2,1-2H3. The predicted octanol–water partition coefficient (Wildman–Crippen LogP) is -0.0403. The fourth-order valence-electron chi connectivity index (χ4n) is 1.81. The van der Waals surface area contributed by atoms with Gasteiger partial charge in [0.2, 0.25) is 0 Å². The summed E-state index contributed by atoms with van der Waals surface area (Å²) in [7, 11) is 2.96. The van der Waals surface area contributed by atoms with E-state index in [9.17, 15) is 20.0 Å². The first-order valence-corrected chi connectivity index (χ1v) is 6.08. The number of amides is 1. The van der Waals surface area contributed by atoms with Gasteiger partial charge < -0.3 is 20.2 Å². The zero-order valence-corrected chi connectivity index (χ0v) is 11.8. The van der Waals surface area contributed by atoms with Crippen molar-refractivity contribution in [3.8, 4) is 0 Å². The van der Waals surface area contributed by atoms with Gasteiger partial charge in [-0.2, -0.15) is 0 Å². The number of nitrogens with two attached hydrogens (primary N) is 1. The molecule has 0 aliphatic carbocycles. The monoisotopic (exact) mass is 298 g/mol. The molecule has 1 aromatic rings. The molecule has 0 saturated heterocycles. The third kappa shape index (κ3) is 4.38. The lowest BCUT2D eigenvalue weighted by atomic mass is 10.1. The van der Waals surface area contributed by atoms with Gasteiger partial charge in [0.1, 0.15) is 5.69 Å². The maximum absolute atomic E-state index is 12.2. The van der Waals surface area contributed by atoms with Crippen LogP contribution in [0.4, 0.5) is 11.4 Å². The average Bonchev–Trinajstić information content (AvgIpc) is 2.45. The molecule has 0 bridgehead atoms. The molecule has 1 atom stereocenters. The summed E-state index contributed by atoms with van der Waals surface area (Å²) in [5.41, 5.74) is 2.23. The Morgan fingerprint density at radius 3 is 2.81 bits per heavy atom. The number of nitrogens with zero attached hydrogens (tertiary/aromatic N) is 2. The summed E-state index contributed by atoms with van der Waals surface area (Å²) in [6.07, 6.45) is -0.811. The number of carbonyl (C=O) groups is 1. The maximum Gasteiger partial charge on any atom is 0.293 e. The van der Waals surface area contributed by atoms with E-state index in [1.807, 2.05) is 0 Å². The van der Waals surface area contributed by atoms with Crippen molar-refractivity contribution in [2.24, 2.45) is 5.84 Å². The Kier molecular flexibility index (Phi) is 6.03. The third-order valence-electron chi connectivity index (χ3n) is 2.79. The van der Waals surface area contributed by atoms with E-state index in [1.54, 1.807) is 0 Å². The average molecular weight is 298 g/mol. The van der Waals surface area contributed by atoms with Crippen LogP contribution in [0.15, 0.2) is 18.2 Å². The number of ether oxygens (including phenoxy) is 1. The van der Waals surface area contributed by atoms with Gasteiger partial charge in [-0.05, 0) is 12.1 Å². The van der Waals surface area contributed by atoms with Crippen molar-refractivity contribution in [3.63, 3.8) is 0 Å². The minimum absolute atomic E-state index is 0.0386. The lowest BCUT2D eigenvalue weighted by Crippen LogP contribution is -2.36. The highest BCUT2D eigenvalue weighted by Crippen LogP contribution is 2.24. The molecule has 1 unspecified atom stereocenters. The van der Waals surface area contributed by atoms with Crippen LogP contribution < -0.4 is 11.3 Å². The van der Waals surface area contributed by atoms with Crippen LogP contribution in [-0.2, 0) is 4.74 Å². The number of likely N-dealkylation sites (N-methyl/N-ethyl adjacent to an activating group) is 1. The number of nitro benzene ring substituents is 1. The number of hydrazine groups is 1. The molecular weight excluding hydrogens is 280 g/mol. The number of carbonyl (C=O) groups excluding carboxylic acids is 1. The normalized spacial score (nSPS) is 11.8. The van der Waals surface area contributed by atoms with Gasteiger partial charge in [0.15, 0.2) is 0 Å². The number of nitrogens with one attached hydrogen (secondary N) is 1. The number of methoxy groups -OCH3 is 1. The molecule has 0 fully saturated rings. The number of hydrogen-bond donors (Lipinski definition) is 3. The Labute approximate surface area is 121 Å². The van der Waals surface area contributed by atoms with Crippen LogP contribution in [0.25, 0.3) is 0 Å². The topological polar surface area (TPSA) is 131 Å². The van der Waals surface area contributed by atoms with Crippen LogP contribution in [0.5, 0.6) is 0 Å². The van der Waals surface area contributed by atoms with Gasteiger partial charge in [0.25, 0.3) is 11.6 Å². The first-order chi connectivity index (χ1) is 9.90. The van der Waals surface area contributed by atoms with Gasteiger partial charge in [0, 0.05) is 32.3 Å². The summed E-state index contributed by atoms with van der Waals surface area (Å²) in [6, 6.07) is 3.82. The number of anilines is 1. The fraction of sp³-hybridized carbons (Fsp3) is 0.417. The summed E-state index contributed by atoms with van der Waals surface area (Å²) in [5, 5.41) is 20.4. The molecule has 116 valence electrons. The van der Waals surface area contributed by atoms with E-state index in [1.165, 1.54) is 37.3 Å². The Bertz CT molecular complexity index is 522. The highest BCUT2D eigenvalue weighted by Gasteiger charge is 2.19. The molecule has 0 aromatic heterocycles. The summed E-state index contributed by atoms with van der Waals surface area (Å²) < 4.78 is 4.78. The summed E-state index contributed by atoms with van der Waals surface area (Å²) >= 11 is 0. The van der Waals surface area contributed by atoms with Crippen molar-refractivity contribution in [2.75, 3.05) is 32.7 Å². The quantitative estimate of drug-likeness (QED) is 0.365. The number of hydrogen-bond acceptors (Lipinski definition) is 7. The predicted molar refractivity (Wildman–Crippen MR) is 75.7 cm³/mol. The summed E-state index contributed by atoms with van der Waals surface area (Å²) in [5.74, 6) is 4.83. The number of rotatable bonds is 7. The zero-order valence-electron chi connectivity index (χ0n) is 11.8. The molecule has 9 nitrogen and oxygen atoms in total. The lowest BCUT2D eigenvalue weighted by Gasteiger charge is -2.20. The Hall–Kier alpha value is -2.23. The Morgan fingerprint density at radius 2 is 2.29 bits per heavy atom. The van der Waals surface area contributed by atoms with E-state index in [0.29, 0.717) is 0 Å². The lowest BCUT2D eigenvalue weighted by molar-refractivity contribution is -0.384. The van der Waals surface area contributed by atoms with Crippen molar-refractivity contribution in [1.29, 1.82) is 0 Å². The molecule has 0 radical (unpaired) electrons. The van der Waals surface area contributed by atoms with Crippen LogP contribution in [-0.4, -0.2) is 54.3 Å². The smallest absolute Gasteiger partial charge is 0.293 e. The molecule has 0 saturated carbocycles. The SMILES string of the molecule is COCC(O)CN(C)C(=O)c1ccc([N+](=O)[O-])c(NN)c1. The second-order valence-corrected chi connectivity index (χ2v) is 4.43. The van der Waals surface area contributed by atoms with E-state index in [0.717, 1.165) is 0 Å². The maximum atomic E-state index is 12.2. The molecule has 0 aliphatic heterocycles. The van der Waals surface area contributed by atoms with Gasteiger partial charge in [-0.1, -0.05) is 0 Å².